The molecule has 0 saturated carbocycles. The predicted octanol–water partition coefficient (Wildman–Crippen LogP) is 3.20. The first kappa shape index (κ1) is 9.72. The van der Waals surface area contributed by atoms with Crippen LogP contribution in [-0.4, -0.2) is 5.97 Å². The molecule has 0 spiro atoms. The maximum absolute atomic E-state index is 11.7. The maximum atomic E-state index is 11.7. The molecule has 0 radical (unpaired) electrons. The van der Waals surface area contributed by atoms with Crippen molar-refractivity contribution in [2.45, 2.75) is 0 Å². The smallest absolute Gasteiger partial charge is 0.379 e. The molecule has 0 atom stereocenters. The molecule has 0 N–H and O–H groups in total. The van der Waals surface area contributed by atoms with Crippen LogP contribution in [0.15, 0.2) is 58.0 Å². The van der Waals surface area contributed by atoms with Gasteiger partial charge in [0.1, 0.15) is 12.0 Å². The van der Waals surface area contributed by atoms with E-state index in [4.69, 9.17) is 13.6 Å². The number of fused-ring (bicyclic) bond motifs is 1. The Morgan fingerprint density at radius 2 is 2.06 bits per heavy atom. The topological polar surface area (TPSA) is 52.6 Å². The van der Waals surface area contributed by atoms with Crippen LogP contribution in [0.4, 0.5) is 0 Å². The molecule has 0 fully saturated rings. The zero-order chi connectivity index (χ0) is 11.7. The summed E-state index contributed by atoms with van der Waals surface area (Å²) in [5.41, 5.74) is 1.71. The molecule has 3 rings (SSSR count). The molecule has 0 amide bonds. The third-order valence-corrected chi connectivity index (χ3v) is 2.43. The van der Waals surface area contributed by atoms with Crippen molar-refractivity contribution in [3.63, 3.8) is 0 Å². The van der Waals surface area contributed by atoms with E-state index >= 15 is 0 Å². The Balaban J connectivity index is 1.89. The van der Waals surface area contributed by atoms with E-state index in [2.05, 4.69) is 0 Å². The molecule has 0 aromatic carbocycles. The summed E-state index contributed by atoms with van der Waals surface area (Å²) in [5.74, 6) is 0.115. The molecule has 84 valence electrons. The van der Waals surface area contributed by atoms with Crippen molar-refractivity contribution in [2.24, 2.45) is 0 Å². The molecule has 4 heteroatoms. The van der Waals surface area contributed by atoms with Gasteiger partial charge in [0, 0.05) is 0 Å². The van der Waals surface area contributed by atoms with Crippen molar-refractivity contribution >= 4 is 5.97 Å². The molecule has 1 aliphatic carbocycles. The van der Waals surface area contributed by atoms with Gasteiger partial charge in [-0.3, -0.25) is 0 Å². The van der Waals surface area contributed by atoms with E-state index in [9.17, 15) is 4.79 Å². The van der Waals surface area contributed by atoms with Gasteiger partial charge in [0.25, 0.3) is 0 Å². The van der Waals surface area contributed by atoms with Gasteiger partial charge < -0.3 is 13.6 Å². The molecule has 17 heavy (non-hydrogen) atoms. The summed E-state index contributed by atoms with van der Waals surface area (Å²) in [4.78, 5) is 11.7. The SMILES string of the molecule is O=C(Oc1ccc2ccocc1-2)c1ccco1. The summed E-state index contributed by atoms with van der Waals surface area (Å²) >= 11 is 0. The van der Waals surface area contributed by atoms with Crippen LogP contribution in [0.1, 0.15) is 10.6 Å². The van der Waals surface area contributed by atoms with Gasteiger partial charge in [-0.25, -0.2) is 4.79 Å². The minimum atomic E-state index is -0.522. The Morgan fingerprint density at radius 1 is 1.12 bits per heavy atom. The van der Waals surface area contributed by atoms with Crippen LogP contribution >= 0.6 is 0 Å². The minimum absolute atomic E-state index is 0.173. The lowest BCUT2D eigenvalue weighted by Gasteiger charge is -2.02. The highest BCUT2D eigenvalue weighted by Crippen LogP contribution is 2.34. The third-order valence-electron chi connectivity index (χ3n) is 2.43. The zero-order valence-corrected chi connectivity index (χ0v) is 8.75. The molecule has 1 aromatic heterocycles. The standard InChI is InChI=1S/C13H8O4/c14-13(12-2-1-6-16-12)17-11-4-3-9-5-7-15-8-10(9)11/h1-8H. The van der Waals surface area contributed by atoms with Crippen LogP contribution in [0.5, 0.6) is 5.75 Å². The van der Waals surface area contributed by atoms with E-state index in [0.717, 1.165) is 11.1 Å². The van der Waals surface area contributed by atoms with Gasteiger partial charge in [0.2, 0.25) is 5.76 Å². The van der Waals surface area contributed by atoms with Crippen LogP contribution in [-0.2, 0) is 0 Å². The molecule has 2 aliphatic rings. The number of ether oxygens (including phenoxy) is 1. The Kier molecular flexibility index (Phi) is 2.19. The van der Waals surface area contributed by atoms with Crippen molar-refractivity contribution in [2.75, 3.05) is 0 Å². The first-order valence-electron chi connectivity index (χ1n) is 5.05. The van der Waals surface area contributed by atoms with Crippen molar-refractivity contribution in [1.29, 1.82) is 0 Å². The Hall–Kier alpha value is -2.49. The molecule has 0 saturated heterocycles. The van der Waals surface area contributed by atoms with Crippen LogP contribution in [0.25, 0.3) is 11.1 Å². The fourth-order valence-electron chi connectivity index (χ4n) is 1.61. The fourth-order valence-corrected chi connectivity index (χ4v) is 1.61. The van der Waals surface area contributed by atoms with Crippen LogP contribution < -0.4 is 4.74 Å². The van der Waals surface area contributed by atoms with E-state index in [1.807, 2.05) is 6.07 Å². The van der Waals surface area contributed by atoms with Crippen molar-refractivity contribution in [3.8, 4) is 16.9 Å². The first-order valence-corrected chi connectivity index (χ1v) is 5.05. The van der Waals surface area contributed by atoms with Gasteiger partial charge in [0.15, 0.2) is 0 Å². The number of rotatable bonds is 2. The van der Waals surface area contributed by atoms with Gasteiger partial charge in [0.05, 0.1) is 18.1 Å². The average Bonchev–Trinajstić information content (AvgIpc) is 2.98. The quantitative estimate of drug-likeness (QED) is 0.632. The second-order valence-corrected chi connectivity index (χ2v) is 3.49. The summed E-state index contributed by atoms with van der Waals surface area (Å²) in [5, 5.41) is 0. The van der Waals surface area contributed by atoms with Crippen molar-refractivity contribution in [1.82, 2.24) is 0 Å². The molecule has 1 aromatic rings. The molecule has 4 nitrogen and oxygen atoms in total. The van der Waals surface area contributed by atoms with Crippen molar-refractivity contribution < 1.29 is 18.4 Å². The van der Waals surface area contributed by atoms with Gasteiger partial charge in [-0.15, -0.1) is 0 Å². The van der Waals surface area contributed by atoms with E-state index in [0.29, 0.717) is 5.75 Å². The highest BCUT2D eigenvalue weighted by Gasteiger charge is 2.16. The van der Waals surface area contributed by atoms with Crippen LogP contribution in [0.3, 0.4) is 0 Å². The zero-order valence-electron chi connectivity index (χ0n) is 8.75. The Bertz CT molecular complexity index is 606. The number of carbonyl (C=O) groups is 1. The van der Waals surface area contributed by atoms with E-state index in [-0.39, 0.29) is 5.76 Å². The molecular weight excluding hydrogens is 220 g/mol. The Morgan fingerprint density at radius 3 is 2.88 bits per heavy atom. The molecular formula is C13H8O4. The normalized spacial score (nSPS) is 10.6. The Labute approximate surface area is 96.8 Å². The fraction of sp³-hybridized carbons (Fsp3) is 0. The summed E-state index contributed by atoms with van der Waals surface area (Å²) in [6.07, 6.45) is 4.54. The summed E-state index contributed by atoms with van der Waals surface area (Å²) < 4.78 is 15.2. The number of esters is 1. The molecule has 0 unspecified atom stereocenters. The van der Waals surface area contributed by atoms with Gasteiger partial charge in [-0.2, -0.15) is 0 Å². The van der Waals surface area contributed by atoms with E-state index in [1.54, 1.807) is 36.8 Å². The number of hydrogen-bond acceptors (Lipinski definition) is 4. The van der Waals surface area contributed by atoms with Crippen molar-refractivity contribution in [3.05, 3.63) is 54.9 Å². The third kappa shape index (κ3) is 1.69. The number of hydrogen-bond donors (Lipinski definition) is 0. The monoisotopic (exact) mass is 228 g/mol. The maximum Gasteiger partial charge on any atom is 0.379 e. The summed E-state index contributed by atoms with van der Waals surface area (Å²) in [7, 11) is 0. The van der Waals surface area contributed by atoms with Gasteiger partial charge in [-0.05, 0) is 29.8 Å². The predicted molar refractivity (Wildman–Crippen MR) is 59.0 cm³/mol. The van der Waals surface area contributed by atoms with E-state index in [1.165, 1.54) is 6.26 Å². The molecule has 1 aliphatic heterocycles. The average molecular weight is 228 g/mol. The second kappa shape index (κ2) is 3.83. The lowest BCUT2D eigenvalue weighted by Crippen LogP contribution is -2.06. The second-order valence-electron chi connectivity index (χ2n) is 3.49. The number of carbonyl (C=O) groups excluding carboxylic acids is 1. The lowest BCUT2D eigenvalue weighted by atomic mass is 10.2. The lowest BCUT2D eigenvalue weighted by molar-refractivity contribution is 0.0702. The van der Waals surface area contributed by atoms with Gasteiger partial charge in [-0.1, -0.05) is 6.07 Å². The highest BCUT2D eigenvalue weighted by molar-refractivity contribution is 5.89. The number of furan rings is 1. The molecule has 2 heterocycles. The first-order chi connectivity index (χ1) is 8.34. The highest BCUT2D eigenvalue weighted by atomic mass is 16.5. The van der Waals surface area contributed by atoms with Crippen LogP contribution in [0, 0.1) is 0 Å². The summed E-state index contributed by atoms with van der Waals surface area (Å²) in [6.45, 7) is 0. The largest absolute Gasteiger partial charge is 0.472 e. The van der Waals surface area contributed by atoms with Gasteiger partial charge >= 0.3 is 5.97 Å². The summed E-state index contributed by atoms with van der Waals surface area (Å²) in [6, 6.07) is 8.57. The van der Waals surface area contributed by atoms with Crippen LogP contribution in [0.2, 0.25) is 0 Å². The molecule has 0 bridgehead atoms. The van der Waals surface area contributed by atoms with E-state index < -0.39 is 5.97 Å². The minimum Gasteiger partial charge on any atom is -0.472 e.